The quantitative estimate of drug-likeness (QED) is 0.618. The lowest BCUT2D eigenvalue weighted by Gasteiger charge is -2.25. The van der Waals surface area contributed by atoms with Gasteiger partial charge in [-0.15, -0.1) is 0 Å². The smallest absolute Gasteiger partial charge is 0.262 e. The summed E-state index contributed by atoms with van der Waals surface area (Å²) >= 11 is 5.91. The molecule has 1 aliphatic rings. The molecule has 3 aromatic carbocycles. The molecule has 0 aliphatic carbocycles. The third-order valence-electron chi connectivity index (χ3n) is 5.09. The SMILES string of the molecule is O=C(NCc1ccc(Cl)cc1)C(Cc1ccccc1)N1C(=O)c2ccccc2C1=O. The van der Waals surface area contributed by atoms with Gasteiger partial charge in [0.2, 0.25) is 5.91 Å². The lowest BCUT2D eigenvalue weighted by Crippen LogP contribution is -2.50. The highest BCUT2D eigenvalue weighted by molar-refractivity contribution is 6.30. The highest BCUT2D eigenvalue weighted by Crippen LogP contribution is 2.26. The summed E-state index contributed by atoms with van der Waals surface area (Å²) in [4.78, 5) is 40.1. The number of hydrogen-bond acceptors (Lipinski definition) is 3. The van der Waals surface area contributed by atoms with Crippen LogP contribution >= 0.6 is 11.6 Å². The summed E-state index contributed by atoms with van der Waals surface area (Å²) < 4.78 is 0. The van der Waals surface area contributed by atoms with Crippen LogP contribution in [-0.4, -0.2) is 28.7 Å². The maximum absolute atomic E-state index is 13.1. The Morgan fingerprint density at radius 3 is 1.97 bits per heavy atom. The first kappa shape index (κ1) is 19.9. The average Bonchev–Trinajstić information content (AvgIpc) is 3.02. The molecule has 0 radical (unpaired) electrons. The van der Waals surface area contributed by atoms with Crippen molar-refractivity contribution in [3.63, 3.8) is 0 Å². The molecule has 0 spiro atoms. The van der Waals surface area contributed by atoms with Crippen molar-refractivity contribution in [1.29, 1.82) is 0 Å². The molecule has 0 saturated heterocycles. The highest BCUT2D eigenvalue weighted by Gasteiger charge is 2.42. The van der Waals surface area contributed by atoms with Crippen LogP contribution < -0.4 is 5.32 Å². The van der Waals surface area contributed by atoms with Gasteiger partial charge in [-0.05, 0) is 35.4 Å². The molecule has 1 unspecified atom stereocenters. The van der Waals surface area contributed by atoms with E-state index in [2.05, 4.69) is 5.32 Å². The number of carbonyl (C=O) groups is 3. The Morgan fingerprint density at radius 1 is 0.800 bits per heavy atom. The van der Waals surface area contributed by atoms with Crippen molar-refractivity contribution in [1.82, 2.24) is 10.2 Å². The number of nitrogens with zero attached hydrogens (tertiary/aromatic N) is 1. The lowest BCUT2D eigenvalue weighted by molar-refractivity contribution is -0.125. The van der Waals surface area contributed by atoms with Crippen LogP contribution in [0, 0.1) is 0 Å². The Balaban J connectivity index is 1.60. The molecule has 4 rings (SSSR count). The summed E-state index contributed by atoms with van der Waals surface area (Å²) in [5.74, 6) is -1.28. The third-order valence-corrected chi connectivity index (χ3v) is 5.34. The summed E-state index contributed by atoms with van der Waals surface area (Å²) in [6.45, 7) is 0.268. The number of hydrogen-bond donors (Lipinski definition) is 1. The van der Waals surface area contributed by atoms with Crippen molar-refractivity contribution >= 4 is 29.3 Å². The van der Waals surface area contributed by atoms with Gasteiger partial charge in [0.25, 0.3) is 11.8 Å². The second kappa shape index (κ2) is 8.51. The molecule has 0 bridgehead atoms. The van der Waals surface area contributed by atoms with Gasteiger partial charge < -0.3 is 5.32 Å². The van der Waals surface area contributed by atoms with Gasteiger partial charge in [0.05, 0.1) is 11.1 Å². The van der Waals surface area contributed by atoms with E-state index in [4.69, 9.17) is 11.6 Å². The Hall–Kier alpha value is -3.44. The van der Waals surface area contributed by atoms with Gasteiger partial charge in [-0.3, -0.25) is 19.3 Å². The van der Waals surface area contributed by atoms with Gasteiger partial charge in [-0.2, -0.15) is 0 Å². The van der Waals surface area contributed by atoms with Crippen LogP contribution in [0.4, 0.5) is 0 Å². The second-order valence-corrected chi connectivity index (χ2v) is 7.51. The summed E-state index contributed by atoms with van der Waals surface area (Å²) in [5, 5.41) is 3.46. The molecule has 1 aliphatic heterocycles. The van der Waals surface area contributed by atoms with Crippen molar-refractivity contribution in [2.75, 3.05) is 0 Å². The van der Waals surface area contributed by atoms with Crippen molar-refractivity contribution < 1.29 is 14.4 Å². The van der Waals surface area contributed by atoms with Gasteiger partial charge >= 0.3 is 0 Å². The van der Waals surface area contributed by atoms with Crippen LogP contribution in [0.25, 0.3) is 0 Å². The predicted octanol–water partition coefficient (Wildman–Crippen LogP) is 3.86. The Bertz CT molecular complexity index is 1060. The zero-order valence-corrected chi connectivity index (χ0v) is 16.8. The van der Waals surface area contributed by atoms with Crippen molar-refractivity contribution in [3.05, 3.63) is 106 Å². The maximum atomic E-state index is 13.1. The number of rotatable bonds is 6. The van der Waals surface area contributed by atoms with E-state index in [0.29, 0.717) is 16.1 Å². The minimum Gasteiger partial charge on any atom is -0.350 e. The summed E-state index contributed by atoms with van der Waals surface area (Å²) in [7, 11) is 0. The topological polar surface area (TPSA) is 66.5 Å². The molecule has 0 fully saturated rings. The molecule has 1 atom stereocenters. The summed E-state index contributed by atoms with van der Waals surface area (Å²) in [6.07, 6.45) is 0.235. The molecule has 5 nitrogen and oxygen atoms in total. The van der Waals surface area contributed by atoms with Crippen LogP contribution in [0.2, 0.25) is 5.02 Å². The number of benzene rings is 3. The lowest BCUT2D eigenvalue weighted by atomic mass is 10.0. The Morgan fingerprint density at radius 2 is 1.37 bits per heavy atom. The van der Waals surface area contributed by atoms with Gasteiger partial charge in [0.15, 0.2) is 0 Å². The first-order valence-electron chi connectivity index (χ1n) is 9.57. The standard InChI is InChI=1S/C24H19ClN2O3/c25-18-12-10-17(11-13-18)15-26-22(28)21(14-16-6-2-1-3-7-16)27-23(29)19-8-4-5-9-20(19)24(27)30/h1-13,21H,14-15H2,(H,26,28). The molecule has 3 aromatic rings. The normalized spacial score (nSPS) is 13.8. The van der Waals surface area contributed by atoms with E-state index in [1.165, 1.54) is 0 Å². The zero-order chi connectivity index (χ0) is 21.1. The Kier molecular flexibility index (Phi) is 5.63. The van der Waals surface area contributed by atoms with E-state index >= 15 is 0 Å². The number of halogens is 1. The molecule has 6 heteroatoms. The van der Waals surface area contributed by atoms with E-state index in [1.807, 2.05) is 42.5 Å². The third kappa shape index (κ3) is 3.98. The number of amides is 3. The van der Waals surface area contributed by atoms with Gasteiger partial charge in [0, 0.05) is 18.0 Å². The van der Waals surface area contributed by atoms with E-state index < -0.39 is 17.9 Å². The van der Waals surface area contributed by atoms with E-state index in [0.717, 1.165) is 16.0 Å². The fourth-order valence-electron chi connectivity index (χ4n) is 3.54. The van der Waals surface area contributed by atoms with Gasteiger partial charge in [-0.25, -0.2) is 0 Å². The molecular weight excluding hydrogens is 400 g/mol. The van der Waals surface area contributed by atoms with Crippen LogP contribution in [0.5, 0.6) is 0 Å². The highest BCUT2D eigenvalue weighted by atomic mass is 35.5. The number of fused-ring (bicyclic) bond motifs is 1. The molecule has 0 saturated carbocycles. The molecule has 0 aromatic heterocycles. The summed E-state index contributed by atoms with van der Waals surface area (Å²) in [6, 6.07) is 22.2. The average molecular weight is 419 g/mol. The molecular formula is C24H19ClN2O3. The molecule has 1 N–H and O–H groups in total. The number of nitrogens with one attached hydrogen (secondary N) is 1. The fraction of sp³-hybridized carbons (Fsp3) is 0.125. The predicted molar refractivity (Wildman–Crippen MR) is 114 cm³/mol. The minimum absolute atomic E-state index is 0.235. The van der Waals surface area contributed by atoms with Crippen molar-refractivity contribution in [3.8, 4) is 0 Å². The molecule has 1 heterocycles. The number of carbonyl (C=O) groups excluding carboxylic acids is 3. The monoisotopic (exact) mass is 418 g/mol. The largest absolute Gasteiger partial charge is 0.350 e. The first-order chi connectivity index (χ1) is 14.5. The summed E-state index contributed by atoms with van der Waals surface area (Å²) in [5.41, 5.74) is 2.38. The van der Waals surface area contributed by atoms with Crippen LogP contribution in [-0.2, 0) is 17.8 Å². The van der Waals surface area contributed by atoms with Gasteiger partial charge in [0.1, 0.15) is 6.04 Å². The molecule has 3 amide bonds. The maximum Gasteiger partial charge on any atom is 0.262 e. The van der Waals surface area contributed by atoms with Crippen LogP contribution in [0.15, 0.2) is 78.9 Å². The second-order valence-electron chi connectivity index (χ2n) is 7.08. The number of imide groups is 1. The minimum atomic E-state index is -0.952. The Labute approximate surface area is 179 Å². The zero-order valence-electron chi connectivity index (χ0n) is 16.0. The van der Waals surface area contributed by atoms with Crippen molar-refractivity contribution in [2.45, 2.75) is 19.0 Å². The fourth-order valence-corrected chi connectivity index (χ4v) is 3.66. The first-order valence-corrected chi connectivity index (χ1v) is 9.95. The van der Waals surface area contributed by atoms with E-state index in [1.54, 1.807) is 36.4 Å². The van der Waals surface area contributed by atoms with Crippen LogP contribution in [0.3, 0.4) is 0 Å². The van der Waals surface area contributed by atoms with E-state index in [-0.39, 0.29) is 18.9 Å². The van der Waals surface area contributed by atoms with Crippen LogP contribution in [0.1, 0.15) is 31.8 Å². The molecule has 150 valence electrons. The van der Waals surface area contributed by atoms with Gasteiger partial charge in [-0.1, -0.05) is 66.2 Å². The molecule has 30 heavy (non-hydrogen) atoms. The van der Waals surface area contributed by atoms with E-state index in [9.17, 15) is 14.4 Å². The van der Waals surface area contributed by atoms with Crippen molar-refractivity contribution in [2.24, 2.45) is 0 Å².